The zero-order chi connectivity index (χ0) is 21.0. The Morgan fingerprint density at radius 2 is 1.93 bits per heavy atom. The highest BCUT2D eigenvalue weighted by Crippen LogP contribution is 2.38. The lowest BCUT2D eigenvalue weighted by Crippen LogP contribution is -2.25. The summed E-state index contributed by atoms with van der Waals surface area (Å²) >= 11 is 1.54. The summed E-state index contributed by atoms with van der Waals surface area (Å²) < 4.78 is 11.3. The van der Waals surface area contributed by atoms with Crippen LogP contribution < -0.4 is 9.47 Å². The van der Waals surface area contributed by atoms with E-state index in [1.165, 1.54) is 11.3 Å². The molecule has 1 aromatic carbocycles. The summed E-state index contributed by atoms with van der Waals surface area (Å²) in [6.45, 7) is 9.32. The molecule has 2 aromatic rings. The lowest BCUT2D eigenvalue weighted by Gasteiger charge is -2.19. The number of aromatic nitrogens is 1. The Morgan fingerprint density at radius 3 is 2.55 bits per heavy atom. The van der Waals surface area contributed by atoms with E-state index < -0.39 is 5.92 Å². The van der Waals surface area contributed by atoms with Crippen LogP contribution in [-0.2, 0) is 16.0 Å². The van der Waals surface area contributed by atoms with Gasteiger partial charge in [-0.1, -0.05) is 27.7 Å². The van der Waals surface area contributed by atoms with Crippen LogP contribution in [0.4, 0.5) is 0 Å². The van der Waals surface area contributed by atoms with Crippen LogP contribution in [0.15, 0.2) is 18.2 Å². The topological polar surface area (TPSA) is 65.5 Å². The van der Waals surface area contributed by atoms with Crippen molar-refractivity contribution < 1.29 is 19.1 Å². The third-order valence-corrected chi connectivity index (χ3v) is 6.49. The van der Waals surface area contributed by atoms with Crippen molar-refractivity contribution in [1.29, 1.82) is 0 Å². The molecule has 29 heavy (non-hydrogen) atoms. The molecule has 2 atom stereocenters. The zero-order valence-corrected chi connectivity index (χ0v) is 18.4. The fraction of sp³-hybridized carbons (Fsp3) is 0.522. The molecule has 1 aliphatic rings. The Labute approximate surface area is 176 Å². The van der Waals surface area contributed by atoms with Crippen LogP contribution in [0.25, 0.3) is 10.6 Å². The number of aryl methyl sites for hydroxylation is 1. The number of carbonyl (C=O) groups excluding carboxylic acids is 2. The molecule has 0 saturated heterocycles. The van der Waals surface area contributed by atoms with Crippen LogP contribution in [0.1, 0.15) is 57.0 Å². The van der Waals surface area contributed by atoms with E-state index in [-0.39, 0.29) is 11.7 Å². The number of benzene rings is 1. The second-order valence-electron chi connectivity index (χ2n) is 7.79. The van der Waals surface area contributed by atoms with E-state index in [1.807, 2.05) is 32.0 Å². The van der Waals surface area contributed by atoms with Crippen molar-refractivity contribution in [2.45, 2.75) is 52.9 Å². The molecule has 0 saturated carbocycles. The maximum absolute atomic E-state index is 13.1. The molecule has 156 valence electrons. The molecule has 0 bridgehead atoms. The molecule has 0 N–H and O–H groups in total. The van der Waals surface area contributed by atoms with Gasteiger partial charge in [0.2, 0.25) is 0 Å². The quantitative estimate of drug-likeness (QED) is 0.423. The molecule has 6 heteroatoms. The summed E-state index contributed by atoms with van der Waals surface area (Å²) in [5.74, 6) is 0.920. The molecule has 2 heterocycles. The van der Waals surface area contributed by atoms with Gasteiger partial charge in [0, 0.05) is 16.4 Å². The van der Waals surface area contributed by atoms with Gasteiger partial charge in [0.25, 0.3) is 0 Å². The second-order valence-corrected chi connectivity index (χ2v) is 8.87. The Morgan fingerprint density at radius 1 is 1.21 bits per heavy atom. The number of carbonyl (C=O) groups is 2. The predicted octanol–water partition coefficient (Wildman–Crippen LogP) is 5.07. The normalized spacial score (nSPS) is 15.2. The summed E-state index contributed by atoms with van der Waals surface area (Å²) in [6, 6.07) is 5.75. The SMILES string of the molecule is CCc1sc(-c2ccc3c(c2)OCCO3)nc1C(C=O)C(=O)[C@@H](CC)CC(C)C. The highest BCUT2D eigenvalue weighted by molar-refractivity contribution is 7.15. The molecular weight excluding hydrogens is 386 g/mol. The number of Topliss-reactive ketones (excluding diaryl/α,β-unsaturated/α-hetero) is 1. The van der Waals surface area contributed by atoms with E-state index in [0.29, 0.717) is 30.6 Å². The number of hydrogen-bond acceptors (Lipinski definition) is 6. The molecule has 1 aromatic heterocycles. The minimum Gasteiger partial charge on any atom is -0.486 e. The third-order valence-electron chi connectivity index (χ3n) is 5.23. The summed E-state index contributed by atoms with van der Waals surface area (Å²) in [4.78, 5) is 30.9. The van der Waals surface area contributed by atoms with E-state index in [1.54, 1.807) is 0 Å². The van der Waals surface area contributed by atoms with Gasteiger partial charge in [-0.15, -0.1) is 11.3 Å². The standard InChI is InChI=1S/C23H29NO4S/c1-5-15(11-14(3)4)22(26)17(13-25)21-20(6-2)29-23(24-21)16-7-8-18-19(12-16)28-10-9-27-18/h7-8,12-15,17H,5-6,9-11H2,1-4H3/t15-,17?/m0/s1. The van der Waals surface area contributed by atoms with Crippen molar-refractivity contribution in [3.8, 4) is 22.1 Å². The van der Waals surface area contributed by atoms with Gasteiger partial charge in [0.05, 0.1) is 5.69 Å². The summed E-state index contributed by atoms with van der Waals surface area (Å²) in [5.41, 5.74) is 1.52. The van der Waals surface area contributed by atoms with E-state index >= 15 is 0 Å². The first-order valence-corrected chi connectivity index (χ1v) is 11.2. The highest BCUT2D eigenvalue weighted by atomic mass is 32.1. The number of thiazole rings is 1. The van der Waals surface area contributed by atoms with Gasteiger partial charge < -0.3 is 14.3 Å². The second kappa shape index (κ2) is 9.53. The average molecular weight is 416 g/mol. The maximum Gasteiger partial charge on any atom is 0.162 e. The third kappa shape index (κ3) is 4.69. The van der Waals surface area contributed by atoms with Gasteiger partial charge >= 0.3 is 0 Å². The molecule has 0 spiro atoms. The lowest BCUT2D eigenvalue weighted by atomic mass is 9.84. The molecule has 0 amide bonds. The van der Waals surface area contributed by atoms with Gasteiger partial charge in [0.15, 0.2) is 17.3 Å². The summed E-state index contributed by atoms with van der Waals surface area (Å²) in [7, 11) is 0. The van der Waals surface area contributed by atoms with E-state index in [9.17, 15) is 9.59 Å². The summed E-state index contributed by atoms with van der Waals surface area (Å²) in [6.07, 6.45) is 3.03. The first-order chi connectivity index (χ1) is 14.0. The number of hydrogen-bond donors (Lipinski definition) is 0. The first-order valence-electron chi connectivity index (χ1n) is 10.4. The van der Waals surface area contributed by atoms with Crippen LogP contribution in [-0.4, -0.2) is 30.3 Å². The van der Waals surface area contributed by atoms with Gasteiger partial charge in [0.1, 0.15) is 30.4 Å². The fourth-order valence-corrected chi connectivity index (χ4v) is 4.78. The largest absolute Gasteiger partial charge is 0.486 e. The first kappa shape index (κ1) is 21.5. The molecule has 0 fully saturated rings. The van der Waals surface area contributed by atoms with Crippen LogP contribution >= 0.6 is 11.3 Å². The Balaban J connectivity index is 1.94. The van der Waals surface area contributed by atoms with Crippen molar-refractivity contribution in [1.82, 2.24) is 4.98 Å². The molecule has 1 unspecified atom stereocenters. The summed E-state index contributed by atoms with van der Waals surface area (Å²) in [5, 5.41) is 0.797. The Hall–Kier alpha value is -2.21. The van der Waals surface area contributed by atoms with Crippen molar-refractivity contribution in [2.24, 2.45) is 11.8 Å². The fourth-order valence-electron chi connectivity index (χ4n) is 3.73. The van der Waals surface area contributed by atoms with Crippen molar-refractivity contribution >= 4 is 23.4 Å². The monoisotopic (exact) mass is 415 g/mol. The van der Waals surface area contributed by atoms with Crippen LogP contribution in [0.3, 0.4) is 0 Å². The van der Waals surface area contributed by atoms with Crippen LogP contribution in [0, 0.1) is 11.8 Å². The number of aldehydes is 1. The van der Waals surface area contributed by atoms with Crippen LogP contribution in [0.2, 0.25) is 0 Å². The van der Waals surface area contributed by atoms with E-state index in [0.717, 1.165) is 46.7 Å². The van der Waals surface area contributed by atoms with E-state index in [4.69, 9.17) is 14.5 Å². The molecule has 0 aliphatic carbocycles. The van der Waals surface area contributed by atoms with Gasteiger partial charge in [-0.05, 0) is 43.4 Å². The number of nitrogens with zero attached hydrogens (tertiary/aromatic N) is 1. The highest BCUT2D eigenvalue weighted by Gasteiger charge is 2.31. The molecule has 3 rings (SSSR count). The van der Waals surface area contributed by atoms with Gasteiger partial charge in [-0.25, -0.2) is 4.98 Å². The van der Waals surface area contributed by atoms with Crippen molar-refractivity contribution in [2.75, 3.05) is 13.2 Å². The minimum absolute atomic E-state index is 0.00933. The lowest BCUT2D eigenvalue weighted by molar-refractivity contribution is -0.128. The van der Waals surface area contributed by atoms with Crippen molar-refractivity contribution in [3.05, 3.63) is 28.8 Å². The molecule has 5 nitrogen and oxygen atoms in total. The average Bonchev–Trinajstić information content (AvgIpc) is 3.16. The van der Waals surface area contributed by atoms with Gasteiger partial charge in [-0.2, -0.15) is 0 Å². The number of ether oxygens (including phenoxy) is 2. The Kier molecular flexibility index (Phi) is 7.06. The minimum atomic E-state index is -0.795. The smallest absolute Gasteiger partial charge is 0.162 e. The number of ketones is 1. The number of fused-ring (bicyclic) bond motifs is 1. The maximum atomic E-state index is 13.1. The molecule has 1 aliphatic heterocycles. The predicted molar refractivity (Wildman–Crippen MR) is 115 cm³/mol. The molecular formula is C23H29NO4S. The van der Waals surface area contributed by atoms with E-state index in [2.05, 4.69) is 13.8 Å². The Bertz CT molecular complexity index is 874. The number of rotatable bonds is 9. The zero-order valence-electron chi connectivity index (χ0n) is 17.6. The van der Waals surface area contributed by atoms with Gasteiger partial charge in [-0.3, -0.25) is 4.79 Å². The molecule has 0 radical (unpaired) electrons. The van der Waals surface area contributed by atoms with Crippen molar-refractivity contribution in [3.63, 3.8) is 0 Å². The van der Waals surface area contributed by atoms with Crippen LogP contribution in [0.5, 0.6) is 11.5 Å².